The summed E-state index contributed by atoms with van der Waals surface area (Å²) in [6, 6.07) is 18.4. The van der Waals surface area contributed by atoms with Gasteiger partial charge in [0.05, 0.1) is 10.7 Å². The Kier molecular flexibility index (Phi) is 5.76. The van der Waals surface area contributed by atoms with Gasteiger partial charge in [0.1, 0.15) is 5.69 Å². The number of anilines is 2. The molecule has 0 aliphatic rings. The minimum atomic E-state index is -0.158. The number of nitrogens with one attached hydrogen (secondary N) is 1. The van der Waals surface area contributed by atoms with Gasteiger partial charge in [0.15, 0.2) is 0 Å². The van der Waals surface area contributed by atoms with Crippen molar-refractivity contribution in [3.8, 4) is 0 Å². The molecular weight excluding hydrogens is 369 g/mol. The van der Waals surface area contributed by atoms with Crippen LogP contribution in [0.15, 0.2) is 66.9 Å². The van der Waals surface area contributed by atoms with Crippen molar-refractivity contribution >= 4 is 40.5 Å². The molecule has 0 aliphatic heterocycles. The van der Waals surface area contributed by atoms with Crippen molar-refractivity contribution in [3.05, 3.63) is 88.2 Å². The molecule has 1 N–H and O–H groups in total. The van der Waals surface area contributed by atoms with E-state index < -0.39 is 0 Å². The van der Waals surface area contributed by atoms with Crippen molar-refractivity contribution < 1.29 is 4.79 Å². The van der Waals surface area contributed by atoms with Gasteiger partial charge in [-0.1, -0.05) is 53.5 Å². The molecule has 1 aromatic heterocycles. The average molecular weight is 386 g/mol. The third-order valence-corrected chi connectivity index (χ3v) is 4.36. The standard InChI is InChI=1S/C20H17Cl2N3O/c1-25(13-14-5-3-2-4-6-14)20(26)19-12-16(9-10-23-19)24-18-11-15(21)7-8-17(18)22/h2-12H,13H2,1H3,(H,23,24). The Balaban J connectivity index is 1.76. The first-order valence-electron chi connectivity index (χ1n) is 8.00. The maximum atomic E-state index is 12.7. The Morgan fingerprint density at radius 2 is 1.85 bits per heavy atom. The number of amides is 1. The third kappa shape index (κ3) is 4.54. The molecule has 0 atom stereocenters. The maximum Gasteiger partial charge on any atom is 0.272 e. The Bertz CT molecular complexity index is 916. The van der Waals surface area contributed by atoms with Crippen LogP contribution in [0, 0.1) is 0 Å². The van der Waals surface area contributed by atoms with Gasteiger partial charge in [-0.25, -0.2) is 0 Å². The minimum Gasteiger partial charge on any atom is -0.354 e. The van der Waals surface area contributed by atoms with E-state index in [1.165, 1.54) is 0 Å². The van der Waals surface area contributed by atoms with Crippen molar-refractivity contribution in [2.24, 2.45) is 0 Å². The molecule has 0 spiro atoms. The Hall–Kier alpha value is -2.56. The van der Waals surface area contributed by atoms with Crippen molar-refractivity contribution in [1.82, 2.24) is 9.88 Å². The summed E-state index contributed by atoms with van der Waals surface area (Å²) >= 11 is 12.2. The second-order valence-corrected chi connectivity index (χ2v) is 6.67. The molecule has 26 heavy (non-hydrogen) atoms. The van der Waals surface area contributed by atoms with E-state index in [9.17, 15) is 4.79 Å². The lowest BCUT2D eigenvalue weighted by molar-refractivity contribution is 0.0779. The highest BCUT2D eigenvalue weighted by Crippen LogP contribution is 2.28. The molecule has 132 valence electrons. The van der Waals surface area contributed by atoms with Gasteiger partial charge in [0.2, 0.25) is 0 Å². The van der Waals surface area contributed by atoms with Crippen LogP contribution >= 0.6 is 23.2 Å². The minimum absolute atomic E-state index is 0.158. The molecule has 3 aromatic rings. The maximum absolute atomic E-state index is 12.7. The van der Waals surface area contributed by atoms with Gasteiger partial charge >= 0.3 is 0 Å². The zero-order chi connectivity index (χ0) is 18.5. The molecule has 1 heterocycles. The molecule has 4 nitrogen and oxygen atoms in total. The molecule has 0 saturated heterocycles. The lowest BCUT2D eigenvalue weighted by Crippen LogP contribution is -2.27. The molecule has 0 radical (unpaired) electrons. The Morgan fingerprint density at radius 3 is 2.62 bits per heavy atom. The van der Waals surface area contributed by atoms with Gasteiger partial charge in [-0.05, 0) is 35.9 Å². The Labute approximate surface area is 162 Å². The highest BCUT2D eigenvalue weighted by Gasteiger charge is 2.14. The number of carbonyl (C=O) groups excluding carboxylic acids is 1. The summed E-state index contributed by atoms with van der Waals surface area (Å²) in [5.41, 5.74) is 2.79. The average Bonchev–Trinajstić information content (AvgIpc) is 2.65. The summed E-state index contributed by atoms with van der Waals surface area (Å²) in [6.45, 7) is 0.513. The summed E-state index contributed by atoms with van der Waals surface area (Å²) in [7, 11) is 1.75. The summed E-state index contributed by atoms with van der Waals surface area (Å²) in [5, 5.41) is 4.29. The van der Waals surface area contributed by atoms with Gasteiger partial charge in [-0.2, -0.15) is 0 Å². The van der Waals surface area contributed by atoms with Crippen LogP contribution in [0.1, 0.15) is 16.1 Å². The van der Waals surface area contributed by atoms with Crippen LogP contribution in [0.2, 0.25) is 10.0 Å². The number of halogens is 2. The molecule has 6 heteroatoms. The quantitative estimate of drug-likeness (QED) is 0.638. The van der Waals surface area contributed by atoms with Crippen LogP contribution in [0.5, 0.6) is 0 Å². The van der Waals surface area contributed by atoms with E-state index in [4.69, 9.17) is 23.2 Å². The monoisotopic (exact) mass is 385 g/mol. The SMILES string of the molecule is CN(Cc1ccccc1)C(=O)c1cc(Nc2cc(Cl)ccc2Cl)ccn1. The molecule has 2 aromatic carbocycles. The third-order valence-electron chi connectivity index (χ3n) is 3.80. The zero-order valence-electron chi connectivity index (χ0n) is 14.1. The molecule has 0 unspecified atom stereocenters. The van der Waals surface area contributed by atoms with Crippen molar-refractivity contribution in [2.75, 3.05) is 12.4 Å². The zero-order valence-corrected chi connectivity index (χ0v) is 15.6. The molecule has 0 saturated carbocycles. The number of rotatable bonds is 5. The fraction of sp³-hybridized carbons (Fsp3) is 0.100. The highest BCUT2D eigenvalue weighted by atomic mass is 35.5. The second-order valence-electron chi connectivity index (χ2n) is 5.83. The van der Waals surface area contributed by atoms with Gasteiger partial charge in [0.25, 0.3) is 5.91 Å². The summed E-state index contributed by atoms with van der Waals surface area (Å²) in [4.78, 5) is 18.5. The summed E-state index contributed by atoms with van der Waals surface area (Å²) < 4.78 is 0. The van der Waals surface area contributed by atoms with E-state index in [1.54, 1.807) is 48.5 Å². The summed E-state index contributed by atoms with van der Waals surface area (Å²) in [5.74, 6) is -0.158. The van der Waals surface area contributed by atoms with Gasteiger partial charge in [0, 0.05) is 30.5 Å². The number of hydrogen-bond donors (Lipinski definition) is 1. The Morgan fingerprint density at radius 1 is 1.08 bits per heavy atom. The highest BCUT2D eigenvalue weighted by molar-refractivity contribution is 6.35. The van der Waals surface area contributed by atoms with E-state index in [0.29, 0.717) is 33.7 Å². The van der Waals surface area contributed by atoms with Crippen LogP contribution in [0.4, 0.5) is 11.4 Å². The van der Waals surface area contributed by atoms with E-state index in [0.717, 1.165) is 5.56 Å². The smallest absolute Gasteiger partial charge is 0.272 e. The number of hydrogen-bond acceptors (Lipinski definition) is 3. The molecule has 3 rings (SSSR count). The van der Waals surface area contributed by atoms with Crippen LogP contribution in [0.3, 0.4) is 0 Å². The molecule has 0 aliphatic carbocycles. The van der Waals surface area contributed by atoms with Crippen LogP contribution < -0.4 is 5.32 Å². The fourth-order valence-corrected chi connectivity index (χ4v) is 2.84. The molecule has 0 fully saturated rings. The number of benzene rings is 2. The first-order chi connectivity index (χ1) is 12.5. The predicted molar refractivity (Wildman–Crippen MR) is 106 cm³/mol. The van der Waals surface area contributed by atoms with E-state index in [-0.39, 0.29) is 5.91 Å². The molecule has 0 bridgehead atoms. The van der Waals surface area contributed by atoms with E-state index in [1.807, 2.05) is 30.3 Å². The van der Waals surface area contributed by atoms with Crippen LogP contribution in [-0.4, -0.2) is 22.8 Å². The first kappa shape index (κ1) is 18.2. The van der Waals surface area contributed by atoms with Crippen molar-refractivity contribution in [3.63, 3.8) is 0 Å². The second kappa shape index (κ2) is 8.21. The molecular formula is C20H17Cl2N3O. The lowest BCUT2D eigenvalue weighted by Gasteiger charge is -2.17. The lowest BCUT2D eigenvalue weighted by atomic mass is 10.2. The van der Waals surface area contributed by atoms with Gasteiger partial charge < -0.3 is 10.2 Å². The number of nitrogens with zero attached hydrogens (tertiary/aromatic N) is 2. The largest absolute Gasteiger partial charge is 0.354 e. The first-order valence-corrected chi connectivity index (χ1v) is 8.76. The van der Waals surface area contributed by atoms with Gasteiger partial charge in [-0.3, -0.25) is 9.78 Å². The van der Waals surface area contributed by atoms with Crippen molar-refractivity contribution in [2.45, 2.75) is 6.54 Å². The number of aromatic nitrogens is 1. The molecule has 1 amide bonds. The number of pyridine rings is 1. The summed E-state index contributed by atoms with van der Waals surface area (Å²) in [6.07, 6.45) is 1.59. The van der Waals surface area contributed by atoms with Crippen molar-refractivity contribution in [1.29, 1.82) is 0 Å². The van der Waals surface area contributed by atoms with Crippen LogP contribution in [-0.2, 0) is 6.54 Å². The number of carbonyl (C=O) groups is 1. The van der Waals surface area contributed by atoms with E-state index in [2.05, 4.69) is 10.3 Å². The van der Waals surface area contributed by atoms with E-state index >= 15 is 0 Å². The van der Waals surface area contributed by atoms with Gasteiger partial charge in [-0.15, -0.1) is 0 Å². The topological polar surface area (TPSA) is 45.2 Å². The predicted octanol–water partition coefficient (Wildman–Crippen LogP) is 5.40. The fourth-order valence-electron chi connectivity index (χ4n) is 2.50. The van der Waals surface area contributed by atoms with Crippen LogP contribution in [0.25, 0.3) is 0 Å². The normalized spacial score (nSPS) is 10.4.